The Labute approximate surface area is 154 Å². The van der Waals surface area contributed by atoms with E-state index in [-0.39, 0.29) is 5.75 Å². The largest absolute Gasteiger partial charge is 0.511 e. The van der Waals surface area contributed by atoms with Gasteiger partial charge in [0, 0.05) is 13.1 Å². The van der Waals surface area contributed by atoms with Gasteiger partial charge in [0.15, 0.2) is 11.4 Å². The minimum absolute atomic E-state index is 0.111. The number of pyridine rings is 1. The van der Waals surface area contributed by atoms with Crippen molar-refractivity contribution in [1.29, 1.82) is 0 Å². The zero-order valence-electron chi connectivity index (χ0n) is 14.2. The SMILES string of the molecule is CCn1ncc2c(NCc3ccc(OC)c(Cl)c3)c(OC(=O)O)cnc21. The van der Waals surface area contributed by atoms with Gasteiger partial charge in [0.05, 0.1) is 35.6 Å². The number of hydrogen-bond donors (Lipinski definition) is 2. The zero-order chi connectivity index (χ0) is 18.7. The summed E-state index contributed by atoms with van der Waals surface area (Å²) in [7, 11) is 1.55. The molecule has 0 radical (unpaired) electrons. The monoisotopic (exact) mass is 376 g/mol. The fourth-order valence-electron chi connectivity index (χ4n) is 2.60. The molecule has 0 bridgehead atoms. The molecule has 0 aliphatic heterocycles. The molecular formula is C17H17ClN4O4. The molecule has 0 unspecified atom stereocenters. The average molecular weight is 377 g/mol. The van der Waals surface area contributed by atoms with Gasteiger partial charge in [-0.1, -0.05) is 17.7 Å². The van der Waals surface area contributed by atoms with Crippen molar-refractivity contribution in [2.75, 3.05) is 12.4 Å². The topological polar surface area (TPSA) is 98.5 Å². The summed E-state index contributed by atoms with van der Waals surface area (Å²) in [6, 6.07) is 5.41. The molecule has 2 aromatic heterocycles. The molecule has 2 N–H and O–H groups in total. The van der Waals surface area contributed by atoms with Crippen LogP contribution in [0.4, 0.5) is 10.5 Å². The van der Waals surface area contributed by atoms with E-state index in [1.807, 2.05) is 13.0 Å². The number of nitrogens with one attached hydrogen (secondary N) is 1. The predicted octanol–water partition coefficient (Wildman–Crippen LogP) is 3.78. The minimum Gasteiger partial charge on any atom is -0.495 e. The van der Waals surface area contributed by atoms with E-state index >= 15 is 0 Å². The van der Waals surface area contributed by atoms with Crippen LogP contribution in [0, 0.1) is 0 Å². The molecule has 0 aliphatic rings. The highest BCUT2D eigenvalue weighted by Gasteiger charge is 2.16. The second-order valence-corrected chi connectivity index (χ2v) is 5.79. The first-order valence-electron chi connectivity index (χ1n) is 7.85. The predicted molar refractivity (Wildman–Crippen MR) is 97.2 cm³/mol. The van der Waals surface area contributed by atoms with Crippen molar-refractivity contribution in [2.24, 2.45) is 0 Å². The molecule has 0 aliphatic carbocycles. The molecule has 3 aromatic rings. The first kappa shape index (κ1) is 17.8. The van der Waals surface area contributed by atoms with E-state index in [0.29, 0.717) is 40.6 Å². The van der Waals surface area contributed by atoms with E-state index in [1.165, 1.54) is 6.20 Å². The van der Waals surface area contributed by atoms with Crippen molar-refractivity contribution in [3.63, 3.8) is 0 Å². The summed E-state index contributed by atoms with van der Waals surface area (Å²) in [6.07, 6.45) is 1.59. The first-order valence-corrected chi connectivity index (χ1v) is 8.22. The normalized spacial score (nSPS) is 10.7. The standard InChI is InChI=1S/C17H17ClN4O4/c1-3-22-16-11(8-21-22)15(14(9-20-16)26-17(23)24)19-7-10-4-5-13(25-2)12(18)6-10/h4-6,8-9H,3,7H2,1-2H3,(H,19,20)(H,23,24). The Morgan fingerprint density at radius 1 is 1.35 bits per heavy atom. The van der Waals surface area contributed by atoms with Crippen LogP contribution in [0.3, 0.4) is 0 Å². The van der Waals surface area contributed by atoms with E-state index in [9.17, 15) is 4.79 Å². The molecule has 0 fully saturated rings. The third-order valence-electron chi connectivity index (χ3n) is 3.81. The van der Waals surface area contributed by atoms with Gasteiger partial charge in [-0.15, -0.1) is 0 Å². The number of hydrogen-bond acceptors (Lipinski definition) is 6. The fourth-order valence-corrected chi connectivity index (χ4v) is 2.88. The number of ether oxygens (including phenoxy) is 2. The molecule has 0 amide bonds. The van der Waals surface area contributed by atoms with Gasteiger partial charge < -0.3 is 19.9 Å². The molecule has 2 heterocycles. The molecule has 0 spiro atoms. The number of rotatable bonds is 6. The smallest absolute Gasteiger partial charge is 0.495 e. The number of aryl methyl sites for hydroxylation is 1. The number of anilines is 1. The quantitative estimate of drug-likeness (QED) is 0.631. The Kier molecular flexibility index (Phi) is 5.13. The van der Waals surface area contributed by atoms with Crippen LogP contribution in [-0.2, 0) is 13.1 Å². The maximum absolute atomic E-state index is 11.0. The molecule has 1 aromatic carbocycles. The molecule has 0 saturated carbocycles. The van der Waals surface area contributed by atoms with Crippen LogP contribution in [0.2, 0.25) is 5.02 Å². The summed E-state index contributed by atoms with van der Waals surface area (Å²) in [5.74, 6) is 0.695. The van der Waals surface area contributed by atoms with E-state index in [2.05, 4.69) is 15.4 Å². The number of nitrogens with zero attached hydrogens (tertiary/aromatic N) is 3. The Hall–Kier alpha value is -3.00. The molecular weight excluding hydrogens is 360 g/mol. The van der Waals surface area contributed by atoms with E-state index in [1.54, 1.807) is 30.1 Å². The van der Waals surface area contributed by atoms with Crippen molar-refractivity contribution in [3.8, 4) is 11.5 Å². The summed E-state index contributed by atoms with van der Waals surface area (Å²) in [5, 5.41) is 17.6. The summed E-state index contributed by atoms with van der Waals surface area (Å²) in [6.45, 7) is 2.99. The van der Waals surface area contributed by atoms with Crippen LogP contribution in [0.15, 0.2) is 30.6 Å². The molecule has 8 nitrogen and oxygen atoms in total. The lowest BCUT2D eigenvalue weighted by molar-refractivity contribution is 0.144. The summed E-state index contributed by atoms with van der Waals surface area (Å²) in [5.41, 5.74) is 2.04. The van der Waals surface area contributed by atoms with Gasteiger partial charge in [-0.2, -0.15) is 5.10 Å². The molecule has 26 heavy (non-hydrogen) atoms. The number of aromatic nitrogens is 3. The molecule has 0 saturated heterocycles. The van der Waals surface area contributed by atoms with Gasteiger partial charge in [0.2, 0.25) is 0 Å². The van der Waals surface area contributed by atoms with Gasteiger partial charge in [0.25, 0.3) is 0 Å². The molecule has 136 valence electrons. The maximum atomic E-state index is 11.0. The van der Waals surface area contributed by atoms with Gasteiger partial charge in [-0.05, 0) is 24.6 Å². The van der Waals surface area contributed by atoms with E-state index in [4.69, 9.17) is 26.2 Å². The van der Waals surface area contributed by atoms with Gasteiger partial charge in [-0.3, -0.25) is 0 Å². The zero-order valence-corrected chi connectivity index (χ0v) is 14.9. The summed E-state index contributed by atoms with van der Waals surface area (Å²) >= 11 is 6.15. The van der Waals surface area contributed by atoms with Crippen molar-refractivity contribution in [3.05, 3.63) is 41.2 Å². The first-order chi connectivity index (χ1) is 12.5. The fraction of sp³-hybridized carbons (Fsp3) is 0.235. The van der Waals surface area contributed by atoms with Crippen LogP contribution in [0.1, 0.15) is 12.5 Å². The number of carbonyl (C=O) groups is 1. The molecule has 0 atom stereocenters. The maximum Gasteiger partial charge on any atom is 0.511 e. The Bertz CT molecular complexity index is 957. The van der Waals surface area contributed by atoms with Crippen LogP contribution in [-0.4, -0.2) is 33.1 Å². The van der Waals surface area contributed by atoms with Crippen molar-refractivity contribution in [1.82, 2.24) is 14.8 Å². The van der Waals surface area contributed by atoms with E-state index in [0.717, 1.165) is 5.56 Å². The van der Waals surface area contributed by atoms with E-state index < -0.39 is 6.16 Å². The second kappa shape index (κ2) is 7.49. The van der Waals surface area contributed by atoms with Crippen molar-refractivity contribution in [2.45, 2.75) is 20.0 Å². The van der Waals surface area contributed by atoms with Crippen LogP contribution in [0.5, 0.6) is 11.5 Å². The average Bonchev–Trinajstić information content (AvgIpc) is 3.03. The number of methoxy groups -OCH3 is 1. The summed E-state index contributed by atoms with van der Waals surface area (Å²) < 4.78 is 11.7. The Morgan fingerprint density at radius 3 is 2.81 bits per heavy atom. The Balaban J connectivity index is 1.95. The van der Waals surface area contributed by atoms with Gasteiger partial charge >= 0.3 is 6.16 Å². The number of fused-ring (bicyclic) bond motifs is 1. The Morgan fingerprint density at radius 2 is 2.15 bits per heavy atom. The second-order valence-electron chi connectivity index (χ2n) is 5.39. The third kappa shape index (κ3) is 3.50. The highest BCUT2D eigenvalue weighted by molar-refractivity contribution is 6.32. The lowest BCUT2D eigenvalue weighted by Gasteiger charge is -2.13. The highest BCUT2D eigenvalue weighted by atomic mass is 35.5. The highest BCUT2D eigenvalue weighted by Crippen LogP contribution is 2.33. The van der Waals surface area contributed by atoms with Gasteiger partial charge in [0.1, 0.15) is 5.75 Å². The lowest BCUT2D eigenvalue weighted by Crippen LogP contribution is -2.08. The molecule has 9 heteroatoms. The van der Waals surface area contributed by atoms with Crippen LogP contribution >= 0.6 is 11.6 Å². The minimum atomic E-state index is -1.41. The van der Waals surface area contributed by atoms with Crippen molar-refractivity contribution >= 4 is 34.5 Å². The van der Waals surface area contributed by atoms with Crippen molar-refractivity contribution < 1.29 is 19.4 Å². The number of benzene rings is 1. The number of halogens is 1. The molecule has 3 rings (SSSR count). The summed E-state index contributed by atoms with van der Waals surface area (Å²) in [4.78, 5) is 15.2. The van der Waals surface area contributed by atoms with Crippen LogP contribution in [0.25, 0.3) is 11.0 Å². The lowest BCUT2D eigenvalue weighted by atomic mass is 10.2. The third-order valence-corrected chi connectivity index (χ3v) is 4.11. The number of carboxylic acid groups (broad SMARTS) is 1. The van der Waals surface area contributed by atoms with Gasteiger partial charge in [-0.25, -0.2) is 14.5 Å². The van der Waals surface area contributed by atoms with Crippen LogP contribution < -0.4 is 14.8 Å².